The standard InChI is InChI=1S/C11H13N3OS/c1-8(11(15)14(2)3)16-10-6-9(7-12)4-5-13-10/h4-6,8H,1-3H3. The van der Waals surface area contributed by atoms with Crippen molar-refractivity contribution in [3.05, 3.63) is 23.9 Å². The highest BCUT2D eigenvalue weighted by Gasteiger charge is 2.16. The molecule has 0 N–H and O–H groups in total. The zero-order chi connectivity index (χ0) is 12.1. The van der Waals surface area contributed by atoms with E-state index in [9.17, 15) is 4.79 Å². The molecular weight excluding hydrogens is 222 g/mol. The van der Waals surface area contributed by atoms with Gasteiger partial charge >= 0.3 is 0 Å². The minimum Gasteiger partial charge on any atom is -0.348 e. The van der Waals surface area contributed by atoms with Crippen LogP contribution in [0.5, 0.6) is 0 Å². The van der Waals surface area contributed by atoms with Crippen LogP contribution in [0.1, 0.15) is 12.5 Å². The van der Waals surface area contributed by atoms with Crippen molar-refractivity contribution in [2.75, 3.05) is 14.1 Å². The summed E-state index contributed by atoms with van der Waals surface area (Å²) in [6.07, 6.45) is 1.58. The van der Waals surface area contributed by atoms with Gasteiger partial charge in [-0.2, -0.15) is 5.26 Å². The van der Waals surface area contributed by atoms with E-state index in [4.69, 9.17) is 5.26 Å². The van der Waals surface area contributed by atoms with E-state index in [2.05, 4.69) is 4.98 Å². The number of rotatable bonds is 3. The summed E-state index contributed by atoms with van der Waals surface area (Å²) in [6.45, 7) is 1.83. The van der Waals surface area contributed by atoms with E-state index < -0.39 is 0 Å². The molecule has 1 aromatic rings. The summed E-state index contributed by atoms with van der Waals surface area (Å²) in [5.41, 5.74) is 0.557. The number of nitriles is 1. The monoisotopic (exact) mass is 235 g/mol. The lowest BCUT2D eigenvalue weighted by Crippen LogP contribution is -2.29. The fraction of sp³-hybridized carbons (Fsp3) is 0.364. The van der Waals surface area contributed by atoms with Crippen LogP contribution in [0.3, 0.4) is 0 Å². The highest BCUT2D eigenvalue weighted by Crippen LogP contribution is 2.22. The topological polar surface area (TPSA) is 57.0 Å². The number of pyridine rings is 1. The first-order valence-corrected chi connectivity index (χ1v) is 5.66. The number of carbonyl (C=O) groups is 1. The Bertz CT molecular complexity index is 425. The molecule has 1 unspecified atom stereocenters. The van der Waals surface area contributed by atoms with Crippen LogP contribution in [0.2, 0.25) is 0 Å². The Hall–Kier alpha value is -1.54. The van der Waals surface area contributed by atoms with E-state index in [-0.39, 0.29) is 11.2 Å². The summed E-state index contributed by atoms with van der Waals surface area (Å²) in [4.78, 5) is 17.3. The third-order valence-electron chi connectivity index (χ3n) is 1.95. The lowest BCUT2D eigenvalue weighted by atomic mass is 10.3. The Balaban J connectivity index is 2.74. The Morgan fingerprint density at radius 3 is 2.88 bits per heavy atom. The average Bonchev–Trinajstić information content (AvgIpc) is 2.28. The summed E-state index contributed by atoms with van der Waals surface area (Å²) in [6, 6.07) is 5.37. The third kappa shape index (κ3) is 3.24. The van der Waals surface area contributed by atoms with Crippen molar-refractivity contribution < 1.29 is 4.79 Å². The van der Waals surface area contributed by atoms with Gasteiger partial charge in [-0.1, -0.05) is 11.8 Å². The SMILES string of the molecule is CC(Sc1cc(C#N)ccn1)C(=O)N(C)C. The van der Waals surface area contributed by atoms with Crippen molar-refractivity contribution in [1.29, 1.82) is 5.26 Å². The summed E-state index contributed by atoms with van der Waals surface area (Å²) in [7, 11) is 3.44. The van der Waals surface area contributed by atoms with Crippen LogP contribution in [-0.4, -0.2) is 35.1 Å². The van der Waals surface area contributed by atoms with Crippen LogP contribution in [0, 0.1) is 11.3 Å². The molecule has 84 valence electrons. The maximum Gasteiger partial charge on any atom is 0.235 e. The molecule has 0 aliphatic carbocycles. The number of thioether (sulfide) groups is 1. The van der Waals surface area contributed by atoms with Gasteiger partial charge in [0, 0.05) is 20.3 Å². The summed E-state index contributed by atoms with van der Waals surface area (Å²) < 4.78 is 0. The van der Waals surface area contributed by atoms with Gasteiger partial charge < -0.3 is 4.90 Å². The van der Waals surface area contributed by atoms with Gasteiger partial charge in [0.15, 0.2) is 0 Å². The molecule has 0 saturated carbocycles. The Kier molecular flexibility index (Phi) is 4.32. The van der Waals surface area contributed by atoms with Gasteiger partial charge in [0.05, 0.1) is 21.9 Å². The van der Waals surface area contributed by atoms with E-state index >= 15 is 0 Å². The Labute approximate surface area is 99.3 Å². The second kappa shape index (κ2) is 5.52. The molecule has 0 aliphatic heterocycles. The van der Waals surface area contributed by atoms with Gasteiger partial charge in [0.25, 0.3) is 0 Å². The molecule has 0 radical (unpaired) electrons. The zero-order valence-corrected chi connectivity index (χ0v) is 10.3. The average molecular weight is 235 g/mol. The first-order chi connectivity index (χ1) is 7.54. The van der Waals surface area contributed by atoms with Crippen molar-refractivity contribution in [2.24, 2.45) is 0 Å². The predicted molar refractivity (Wildman–Crippen MR) is 63.0 cm³/mol. The van der Waals surface area contributed by atoms with Gasteiger partial charge in [0.2, 0.25) is 5.91 Å². The molecule has 0 fully saturated rings. The number of nitrogens with zero attached hydrogens (tertiary/aromatic N) is 3. The second-order valence-corrected chi connectivity index (χ2v) is 4.85. The summed E-state index contributed by atoms with van der Waals surface area (Å²) in [5, 5.41) is 9.23. The fourth-order valence-electron chi connectivity index (χ4n) is 1.14. The van der Waals surface area contributed by atoms with Crippen molar-refractivity contribution in [1.82, 2.24) is 9.88 Å². The quantitative estimate of drug-likeness (QED) is 0.745. The molecule has 16 heavy (non-hydrogen) atoms. The van der Waals surface area contributed by atoms with Gasteiger partial charge in [-0.15, -0.1) is 0 Å². The molecule has 0 bridgehead atoms. The lowest BCUT2D eigenvalue weighted by molar-refractivity contribution is -0.127. The highest BCUT2D eigenvalue weighted by atomic mass is 32.2. The van der Waals surface area contributed by atoms with Crippen molar-refractivity contribution in [2.45, 2.75) is 17.2 Å². The first kappa shape index (κ1) is 12.5. The molecule has 0 aliphatic rings. The van der Waals surface area contributed by atoms with Crippen LogP contribution < -0.4 is 0 Å². The van der Waals surface area contributed by atoms with Crippen LogP contribution in [0.15, 0.2) is 23.4 Å². The van der Waals surface area contributed by atoms with E-state index in [0.717, 1.165) is 0 Å². The minimum absolute atomic E-state index is 0.0363. The first-order valence-electron chi connectivity index (χ1n) is 4.78. The normalized spacial score (nSPS) is 11.6. The van der Waals surface area contributed by atoms with Crippen molar-refractivity contribution in [3.63, 3.8) is 0 Å². The molecule has 4 nitrogen and oxygen atoms in total. The smallest absolute Gasteiger partial charge is 0.235 e. The van der Waals surface area contributed by atoms with E-state index in [0.29, 0.717) is 10.6 Å². The molecule has 0 spiro atoms. The van der Waals surface area contributed by atoms with Gasteiger partial charge in [-0.3, -0.25) is 4.79 Å². The van der Waals surface area contributed by atoms with Crippen LogP contribution in [0.4, 0.5) is 0 Å². The van der Waals surface area contributed by atoms with Crippen molar-refractivity contribution in [3.8, 4) is 6.07 Å². The molecule has 1 aromatic heterocycles. The number of hydrogen-bond acceptors (Lipinski definition) is 4. The molecule has 5 heteroatoms. The van der Waals surface area contributed by atoms with Crippen LogP contribution >= 0.6 is 11.8 Å². The number of aromatic nitrogens is 1. The highest BCUT2D eigenvalue weighted by molar-refractivity contribution is 8.00. The number of amides is 1. The molecule has 0 saturated heterocycles. The largest absolute Gasteiger partial charge is 0.348 e. The molecule has 1 rings (SSSR count). The summed E-state index contributed by atoms with van der Waals surface area (Å²) >= 11 is 1.36. The molecule has 1 atom stereocenters. The predicted octanol–water partition coefficient (Wildman–Crippen LogP) is 1.52. The van der Waals surface area contributed by atoms with Gasteiger partial charge in [0.1, 0.15) is 0 Å². The fourth-order valence-corrected chi connectivity index (χ4v) is 2.13. The zero-order valence-electron chi connectivity index (χ0n) is 9.47. The van der Waals surface area contributed by atoms with Gasteiger partial charge in [-0.25, -0.2) is 4.98 Å². The molecule has 1 heterocycles. The Morgan fingerprint density at radius 2 is 2.31 bits per heavy atom. The van der Waals surface area contributed by atoms with E-state index in [1.807, 2.05) is 13.0 Å². The van der Waals surface area contributed by atoms with Crippen molar-refractivity contribution >= 4 is 17.7 Å². The third-order valence-corrected chi connectivity index (χ3v) is 2.97. The van der Waals surface area contributed by atoms with E-state index in [1.54, 1.807) is 37.3 Å². The number of hydrogen-bond donors (Lipinski definition) is 0. The minimum atomic E-state index is -0.198. The van der Waals surface area contributed by atoms with E-state index in [1.165, 1.54) is 11.8 Å². The molecule has 1 amide bonds. The Morgan fingerprint density at radius 1 is 1.62 bits per heavy atom. The maximum absolute atomic E-state index is 11.6. The van der Waals surface area contributed by atoms with Crippen LogP contribution in [0.25, 0.3) is 0 Å². The lowest BCUT2D eigenvalue weighted by Gasteiger charge is -2.15. The molecule has 0 aromatic carbocycles. The van der Waals surface area contributed by atoms with Gasteiger partial charge in [-0.05, 0) is 19.1 Å². The van der Waals surface area contributed by atoms with Crippen LogP contribution in [-0.2, 0) is 4.79 Å². The second-order valence-electron chi connectivity index (χ2n) is 3.49. The maximum atomic E-state index is 11.6. The molecular formula is C11H13N3OS. The summed E-state index contributed by atoms with van der Waals surface area (Å²) in [5.74, 6) is 0.0363. The number of carbonyl (C=O) groups excluding carboxylic acids is 1.